The zero-order valence-electron chi connectivity index (χ0n) is 9.29. The zero-order chi connectivity index (χ0) is 12.1. The summed E-state index contributed by atoms with van der Waals surface area (Å²) in [7, 11) is 0. The molecule has 2 aromatic carbocycles. The minimum absolute atomic E-state index is 0.687. The summed E-state index contributed by atoms with van der Waals surface area (Å²) >= 11 is 11.9. The minimum atomic E-state index is 0.687. The molecule has 0 aromatic heterocycles. The number of anilines is 1. The van der Waals surface area contributed by atoms with Crippen molar-refractivity contribution in [1.82, 2.24) is 0 Å². The van der Waals surface area contributed by atoms with E-state index in [-0.39, 0.29) is 0 Å². The van der Waals surface area contributed by atoms with E-state index < -0.39 is 0 Å². The van der Waals surface area contributed by atoms with Gasteiger partial charge < -0.3 is 5.32 Å². The molecule has 0 spiro atoms. The summed E-state index contributed by atoms with van der Waals surface area (Å²) in [4.78, 5) is 0. The van der Waals surface area contributed by atoms with Crippen LogP contribution in [0.2, 0.25) is 10.0 Å². The topological polar surface area (TPSA) is 12.0 Å². The van der Waals surface area contributed by atoms with Gasteiger partial charge in [-0.3, -0.25) is 0 Å². The molecule has 0 fully saturated rings. The Bertz CT molecular complexity index is 463. The third-order valence-electron chi connectivity index (χ3n) is 2.44. The third-order valence-corrected chi connectivity index (χ3v) is 2.88. The van der Waals surface area contributed by atoms with E-state index in [2.05, 4.69) is 5.32 Å². The van der Waals surface area contributed by atoms with Gasteiger partial charge in [-0.05, 0) is 42.3 Å². The van der Waals surface area contributed by atoms with E-state index in [1.165, 1.54) is 0 Å². The molecule has 3 heteroatoms. The fraction of sp³-hybridized carbons (Fsp3) is 0.143. The van der Waals surface area contributed by atoms with Gasteiger partial charge in [0.2, 0.25) is 0 Å². The van der Waals surface area contributed by atoms with Crippen LogP contribution in [0.1, 0.15) is 5.56 Å². The molecule has 0 bridgehead atoms. The fourth-order valence-electron chi connectivity index (χ4n) is 1.66. The molecule has 1 nitrogen and oxygen atoms in total. The standard InChI is InChI=1S/C14H13Cl2N/c15-12-8-11(9-13(16)10-12)6-7-17-14-4-2-1-3-5-14/h1-5,8-10,17H,6-7H2. The second-order valence-corrected chi connectivity index (χ2v) is 4.69. The highest BCUT2D eigenvalue weighted by Gasteiger charge is 1.98. The largest absolute Gasteiger partial charge is 0.385 e. The van der Waals surface area contributed by atoms with Crippen LogP contribution in [0.3, 0.4) is 0 Å². The molecule has 2 aromatic rings. The lowest BCUT2D eigenvalue weighted by Crippen LogP contribution is -2.04. The summed E-state index contributed by atoms with van der Waals surface area (Å²) in [5.74, 6) is 0. The lowest BCUT2D eigenvalue weighted by molar-refractivity contribution is 1.02. The van der Waals surface area contributed by atoms with Gasteiger partial charge in [0, 0.05) is 22.3 Å². The van der Waals surface area contributed by atoms with Crippen molar-refractivity contribution < 1.29 is 0 Å². The number of rotatable bonds is 4. The SMILES string of the molecule is Clc1cc(Cl)cc(CCNc2ccccc2)c1. The van der Waals surface area contributed by atoms with Crippen molar-refractivity contribution in [2.24, 2.45) is 0 Å². The molecular weight excluding hydrogens is 253 g/mol. The Morgan fingerprint density at radius 2 is 1.53 bits per heavy atom. The average molecular weight is 266 g/mol. The van der Waals surface area contributed by atoms with E-state index in [9.17, 15) is 0 Å². The maximum Gasteiger partial charge on any atom is 0.0423 e. The number of benzene rings is 2. The summed E-state index contributed by atoms with van der Waals surface area (Å²) < 4.78 is 0. The molecule has 0 aliphatic heterocycles. The van der Waals surface area contributed by atoms with Gasteiger partial charge in [-0.2, -0.15) is 0 Å². The average Bonchev–Trinajstić information content (AvgIpc) is 2.29. The van der Waals surface area contributed by atoms with Crippen LogP contribution < -0.4 is 5.32 Å². The van der Waals surface area contributed by atoms with Crippen LogP contribution in [0.4, 0.5) is 5.69 Å². The Kier molecular flexibility index (Phi) is 4.29. The normalized spacial score (nSPS) is 10.2. The highest BCUT2D eigenvalue weighted by Crippen LogP contribution is 2.19. The molecule has 0 atom stereocenters. The molecule has 2 rings (SSSR count). The molecule has 0 saturated heterocycles. The summed E-state index contributed by atoms with van der Waals surface area (Å²) in [6.45, 7) is 0.862. The van der Waals surface area contributed by atoms with Crippen molar-refractivity contribution in [3.63, 3.8) is 0 Å². The Labute approximate surface area is 111 Å². The molecule has 0 saturated carbocycles. The summed E-state index contributed by atoms with van der Waals surface area (Å²) in [5, 5.41) is 4.72. The Balaban J connectivity index is 1.90. The van der Waals surface area contributed by atoms with Gasteiger partial charge in [-0.15, -0.1) is 0 Å². The highest BCUT2D eigenvalue weighted by atomic mass is 35.5. The molecule has 0 heterocycles. The third kappa shape index (κ3) is 3.95. The van der Waals surface area contributed by atoms with Crippen LogP contribution in [0.15, 0.2) is 48.5 Å². The second kappa shape index (κ2) is 5.95. The smallest absolute Gasteiger partial charge is 0.0423 e. The van der Waals surface area contributed by atoms with Crippen LogP contribution in [0, 0.1) is 0 Å². The number of halogens is 2. The van der Waals surface area contributed by atoms with Crippen molar-refractivity contribution in [2.75, 3.05) is 11.9 Å². The van der Waals surface area contributed by atoms with Gasteiger partial charge in [-0.25, -0.2) is 0 Å². The molecule has 0 radical (unpaired) electrons. The van der Waals surface area contributed by atoms with E-state index in [4.69, 9.17) is 23.2 Å². The van der Waals surface area contributed by atoms with Crippen molar-refractivity contribution >= 4 is 28.9 Å². The first-order valence-electron chi connectivity index (χ1n) is 5.48. The Morgan fingerprint density at radius 3 is 2.18 bits per heavy atom. The highest BCUT2D eigenvalue weighted by molar-refractivity contribution is 6.34. The van der Waals surface area contributed by atoms with E-state index in [1.54, 1.807) is 6.07 Å². The van der Waals surface area contributed by atoms with Gasteiger partial charge in [0.05, 0.1) is 0 Å². The molecule has 0 amide bonds. The monoisotopic (exact) mass is 265 g/mol. The van der Waals surface area contributed by atoms with Crippen LogP contribution in [-0.4, -0.2) is 6.54 Å². The first kappa shape index (κ1) is 12.3. The predicted molar refractivity (Wildman–Crippen MR) is 75.1 cm³/mol. The molecular formula is C14H13Cl2N. The molecule has 17 heavy (non-hydrogen) atoms. The van der Waals surface area contributed by atoms with Gasteiger partial charge in [0.15, 0.2) is 0 Å². The fourth-order valence-corrected chi connectivity index (χ4v) is 2.23. The van der Waals surface area contributed by atoms with Crippen molar-refractivity contribution in [1.29, 1.82) is 0 Å². The van der Waals surface area contributed by atoms with Crippen LogP contribution in [0.25, 0.3) is 0 Å². The van der Waals surface area contributed by atoms with Crippen molar-refractivity contribution in [3.8, 4) is 0 Å². The summed E-state index contributed by atoms with van der Waals surface area (Å²) in [6.07, 6.45) is 0.898. The summed E-state index contributed by atoms with van der Waals surface area (Å²) in [6, 6.07) is 15.8. The van der Waals surface area contributed by atoms with Crippen LogP contribution in [0.5, 0.6) is 0 Å². The first-order valence-corrected chi connectivity index (χ1v) is 6.23. The maximum atomic E-state index is 5.94. The Hall–Kier alpha value is -1.18. The minimum Gasteiger partial charge on any atom is -0.385 e. The molecule has 0 unspecified atom stereocenters. The van der Waals surface area contributed by atoms with Crippen LogP contribution in [-0.2, 0) is 6.42 Å². The second-order valence-electron chi connectivity index (χ2n) is 3.82. The number of nitrogens with one attached hydrogen (secondary N) is 1. The maximum absolute atomic E-state index is 5.94. The quantitative estimate of drug-likeness (QED) is 0.849. The van der Waals surface area contributed by atoms with E-state index in [0.717, 1.165) is 24.2 Å². The van der Waals surface area contributed by atoms with E-state index >= 15 is 0 Å². The van der Waals surface area contributed by atoms with E-state index in [0.29, 0.717) is 10.0 Å². The van der Waals surface area contributed by atoms with E-state index in [1.807, 2.05) is 42.5 Å². The molecule has 1 N–H and O–H groups in total. The van der Waals surface area contributed by atoms with Crippen LogP contribution >= 0.6 is 23.2 Å². The van der Waals surface area contributed by atoms with Gasteiger partial charge in [0.1, 0.15) is 0 Å². The van der Waals surface area contributed by atoms with Gasteiger partial charge in [-0.1, -0.05) is 41.4 Å². The number of hydrogen-bond acceptors (Lipinski definition) is 1. The zero-order valence-corrected chi connectivity index (χ0v) is 10.8. The number of hydrogen-bond donors (Lipinski definition) is 1. The predicted octanol–water partition coefficient (Wildman–Crippen LogP) is 4.65. The lowest BCUT2D eigenvalue weighted by Gasteiger charge is -2.06. The molecule has 0 aliphatic rings. The molecule has 0 aliphatic carbocycles. The molecule has 88 valence electrons. The lowest BCUT2D eigenvalue weighted by atomic mass is 10.1. The van der Waals surface area contributed by atoms with Gasteiger partial charge >= 0.3 is 0 Å². The van der Waals surface area contributed by atoms with Crippen molar-refractivity contribution in [2.45, 2.75) is 6.42 Å². The Morgan fingerprint density at radius 1 is 0.882 bits per heavy atom. The first-order chi connectivity index (χ1) is 8.24. The number of para-hydroxylation sites is 1. The van der Waals surface area contributed by atoms with Crippen molar-refractivity contribution in [3.05, 3.63) is 64.1 Å². The van der Waals surface area contributed by atoms with Gasteiger partial charge in [0.25, 0.3) is 0 Å². The summed E-state index contributed by atoms with van der Waals surface area (Å²) in [5.41, 5.74) is 2.27.